The first kappa shape index (κ1) is 21.0. The highest BCUT2D eigenvalue weighted by atomic mass is 32.2. The summed E-state index contributed by atoms with van der Waals surface area (Å²) in [5.41, 5.74) is 7.50. The van der Waals surface area contributed by atoms with Gasteiger partial charge in [0, 0.05) is 18.7 Å². The maximum atomic E-state index is 11.1. The van der Waals surface area contributed by atoms with Crippen LogP contribution in [0.5, 0.6) is 5.88 Å². The molecule has 8 nitrogen and oxygen atoms in total. The minimum absolute atomic E-state index is 0.0609. The highest BCUT2D eigenvalue weighted by Gasteiger charge is 2.23. The van der Waals surface area contributed by atoms with Crippen LogP contribution in [0, 0.1) is 0 Å². The van der Waals surface area contributed by atoms with Crippen molar-refractivity contribution in [2.45, 2.75) is 35.7 Å². The molecule has 1 fully saturated rings. The molecule has 0 atom stereocenters. The predicted octanol–water partition coefficient (Wildman–Crippen LogP) is 3.11. The Kier molecular flexibility index (Phi) is 6.61. The molecular weight excluding hydrogens is 412 g/mol. The summed E-state index contributed by atoms with van der Waals surface area (Å²) in [6.45, 7) is 1.89. The van der Waals surface area contributed by atoms with Gasteiger partial charge in [0.25, 0.3) is 5.88 Å². The van der Waals surface area contributed by atoms with Gasteiger partial charge in [-0.05, 0) is 31.0 Å². The number of nitrogens with two attached hydrogens (primary N) is 1. The molecule has 2 aromatic heterocycles. The molecule has 1 amide bonds. The molecule has 2 N–H and O–H groups in total. The van der Waals surface area contributed by atoms with E-state index < -0.39 is 5.91 Å². The number of hydrogen-bond donors (Lipinski definition) is 1. The molecule has 9 heteroatoms. The number of piperidine rings is 1. The van der Waals surface area contributed by atoms with Gasteiger partial charge >= 0.3 is 0 Å². The number of anilines is 1. The summed E-state index contributed by atoms with van der Waals surface area (Å²) in [5.74, 6) is 0.834. The number of benzene rings is 1. The lowest BCUT2D eigenvalue weighted by Crippen LogP contribution is -2.31. The van der Waals surface area contributed by atoms with Crippen LogP contribution in [0.4, 0.5) is 5.82 Å². The molecule has 4 rings (SSSR count). The van der Waals surface area contributed by atoms with Crippen molar-refractivity contribution in [2.75, 3.05) is 25.1 Å². The Labute approximate surface area is 185 Å². The third kappa shape index (κ3) is 5.11. The van der Waals surface area contributed by atoms with Gasteiger partial charge in [0.1, 0.15) is 15.7 Å². The SMILES string of the molecule is COc1nc(Sc2cnc(CC(N)=O)cn2)c(-c2ccccc2)nc1N1CCCCC1. The molecule has 1 aromatic carbocycles. The molecule has 31 heavy (non-hydrogen) atoms. The van der Waals surface area contributed by atoms with Gasteiger partial charge in [0.15, 0.2) is 5.82 Å². The van der Waals surface area contributed by atoms with E-state index in [1.807, 2.05) is 30.3 Å². The fraction of sp³-hybridized carbons (Fsp3) is 0.318. The maximum Gasteiger partial charge on any atom is 0.258 e. The smallest absolute Gasteiger partial charge is 0.258 e. The van der Waals surface area contributed by atoms with Gasteiger partial charge in [0.2, 0.25) is 5.91 Å². The zero-order chi connectivity index (χ0) is 21.6. The molecule has 1 saturated heterocycles. The van der Waals surface area contributed by atoms with Gasteiger partial charge in [-0.15, -0.1) is 0 Å². The first-order valence-corrected chi connectivity index (χ1v) is 11.0. The van der Waals surface area contributed by atoms with Gasteiger partial charge in [-0.2, -0.15) is 0 Å². The number of aromatic nitrogens is 4. The number of primary amides is 1. The number of ether oxygens (including phenoxy) is 1. The average molecular weight is 437 g/mol. The zero-order valence-corrected chi connectivity index (χ0v) is 18.1. The molecule has 1 aliphatic heterocycles. The Morgan fingerprint density at radius 1 is 1.10 bits per heavy atom. The summed E-state index contributed by atoms with van der Waals surface area (Å²) in [6.07, 6.45) is 6.73. The first-order chi connectivity index (χ1) is 15.1. The third-order valence-corrected chi connectivity index (χ3v) is 5.85. The molecule has 0 unspecified atom stereocenters. The van der Waals surface area contributed by atoms with Gasteiger partial charge in [-0.1, -0.05) is 30.3 Å². The molecule has 0 spiro atoms. The lowest BCUT2D eigenvalue weighted by molar-refractivity contribution is -0.117. The standard InChI is InChI=1S/C22H24N6O2S/c1-30-21-20(28-10-6-3-7-11-28)26-19(15-8-4-2-5-9-15)22(27-21)31-18-14-24-16(13-25-18)12-17(23)29/h2,4-5,8-9,13-14H,3,6-7,10-12H2,1H3,(H2,23,29). The zero-order valence-electron chi connectivity index (χ0n) is 17.3. The van der Waals surface area contributed by atoms with Crippen LogP contribution < -0.4 is 15.4 Å². The van der Waals surface area contributed by atoms with E-state index in [4.69, 9.17) is 20.4 Å². The lowest BCUT2D eigenvalue weighted by Gasteiger charge is -2.29. The minimum Gasteiger partial charge on any atom is -0.478 e. The number of hydrogen-bond acceptors (Lipinski definition) is 8. The lowest BCUT2D eigenvalue weighted by atomic mass is 10.1. The Morgan fingerprint density at radius 3 is 2.52 bits per heavy atom. The van der Waals surface area contributed by atoms with E-state index >= 15 is 0 Å². The van der Waals surface area contributed by atoms with E-state index in [9.17, 15) is 4.79 Å². The van der Waals surface area contributed by atoms with Gasteiger partial charge in [-0.25, -0.2) is 15.0 Å². The molecule has 0 radical (unpaired) electrons. The third-order valence-electron chi connectivity index (χ3n) is 4.95. The second-order valence-corrected chi connectivity index (χ2v) is 8.22. The van der Waals surface area contributed by atoms with Crippen LogP contribution >= 0.6 is 11.8 Å². The molecule has 0 bridgehead atoms. The number of amides is 1. The fourth-order valence-electron chi connectivity index (χ4n) is 3.47. The largest absolute Gasteiger partial charge is 0.478 e. The number of carbonyl (C=O) groups excluding carboxylic acids is 1. The van der Waals surface area contributed by atoms with E-state index in [2.05, 4.69) is 14.9 Å². The average Bonchev–Trinajstić information content (AvgIpc) is 2.81. The van der Waals surface area contributed by atoms with Gasteiger partial charge < -0.3 is 15.4 Å². The van der Waals surface area contributed by atoms with Crippen molar-refractivity contribution >= 4 is 23.5 Å². The predicted molar refractivity (Wildman–Crippen MR) is 119 cm³/mol. The summed E-state index contributed by atoms with van der Waals surface area (Å²) >= 11 is 1.36. The van der Waals surface area contributed by atoms with Crippen LogP contribution in [0.3, 0.4) is 0 Å². The Balaban J connectivity index is 1.72. The summed E-state index contributed by atoms with van der Waals surface area (Å²) < 4.78 is 5.61. The fourth-order valence-corrected chi connectivity index (χ4v) is 4.26. The van der Waals surface area contributed by atoms with Crippen LogP contribution in [-0.4, -0.2) is 46.0 Å². The van der Waals surface area contributed by atoms with Crippen LogP contribution in [0.15, 0.2) is 52.8 Å². The highest BCUT2D eigenvalue weighted by Crippen LogP contribution is 2.38. The van der Waals surface area contributed by atoms with Crippen molar-refractivity contribution in [1.29, 1.82) is 0 Å². The van der Waals surface area contributed by atoms with E-state index in [0.717, 1.165) is 43.0 Å². The maximum absolute atomic E-state index is 11.1. The van der Waals surface area contributed by atoms with Crippen molar-refractivity contribution in [2.24, 2.45) is 5.73 Å². The van der Waals surface area contributed by atoms with Crippen LogP contribution in [-0.2, 0) is 11.2 Å². The molecule has 1 aliphatic rings. The Morgan fingerprint density at radius 2 is 1.87 bits per heavy atom. The van der Waals surface area contributed by atoms with Crippen LogP contribution in [0.1, 0.15) is 25.0 Å². The number of carbonyl (C=O) groups is 1. The van der Waals surface area contributed by atoms with E-state index in [0.29, 0.717) is 21.6 Å². The summed E-state index contributed by atoms with van der Waals surface area (Å²) in [7, 11) is 1.62. The van der Waals surface area contributed by atoms with Crippen molar-refractivity contribution in [3.63, 3.8) is 0 Å². The van der Waals surface area contributed by atoms with Crippen LogP contribution in [0.2, 0.25) is 0 Å². The number of methoxy groups -OCH3 is 1. The molecular formula is C22H24N6O2S. The minimum atomic E-state index is -0.440. The van der Waals surface area contributed by atoms with Crippen molar-refractivity contribution in [1.82, 2.24) is 19.9 Å². The van der Waals surface area contributed by atoms with Gasteiger partial charge in [0.05, 0.1) is 31.6 Å². The highest BCUT2D eigenvalue weighted by molar-refractivity contribution is 7.99. The van der Waals surface area contributed by atoms with E-state index in [1.54, 1.807) is 19.5 Å². The second kappa shape index (κ2) is 9.74. The Bertz CT molecular complexity index is 1040. The Hall–Kier alpha value is -3.20. The summed E-state index contributed by atoms with van der Waals surface area (Å²) in [6, 6.07) is 9.97. The molecule has 0 aliphatic carbocycles. The summed E-state index contributed by atoms with van der Waals surface area (Å²) in [5, 5.41) is 1.33. The monoisotopic (exact) mass is 436 g/mol. The summed E-state index contributed by atoms with van der Waals surface area (Å²) in [4.78, 5) is 31.8. The molecule has 0 saturated carbocycles. The molecule has 3 heterocycles. The van der Waals surface area contributed by atoms with Gasteiger partial charge in [-0.3, -0.25) is 9.78 Å². The van der Waals surface area contributed by atoms with E-state index in [1.165, 1.54) is 18.2 Å². The second-order valence-electron chi connectivity index (χ2n) is 7.22. The topological polar surface area (TPSA) is 107 Å². The van der Waals surface area contributed by atoms with Crippen molar-refractivity contribution in [3.05, 3.63) is 48.4 Å². The normalized spacial score (nSPS) is 13.8. The van der Waals surface area contributed by atoms with E-state index in [-0.39, 0.29) is 6.42 Å². The van der Waals surface area contributed by atoms with Crippen molar-refractivity contribution < 1.29 is 9.53 Å². The molecule has 160 valence electrons. The quantitative estimate of drug-likeness (QED) is 0.602. The molecule has 3 aromatic rings. The number of nitrogens with zero attached hydrogens (tertiary/aromatic N) is 5. The van der Waals surface area contributed by atoms with Crippen LogP contribution in [0.25, 0.3) is 11.3 Å². The van der Waals surface area contributed by atoms with Crippen molar-refractivity contribution in [3.8, 4) is 17.1 Å². The number of rotatable bonds is 7. The first-order valence-electron chi connectivity index (χ1n) is 10.2.